The lowest BCUT2D eigenvalue weighted by Gasteiger charge is -2.55. The number of aliphatic hydroxyl groups excluding tert-OH is 1. The number of ether oxygens (including phenoxy) is 2. The van der Waals surface area contributed by atoms with Crippen molar-refractivity contribution in [3.05, 3.63) is 23.3 Å². The van der Waals surface area contributed by atoms with Crippen LogP contribution in [0.4, 0.5) is 4.79 Å². The number of methoxy groups -OCH3 is 1. The first-order valence-electron chi connectivity index (χ1n) is 11.9. The van der Waals surface area contributed by atoms with E-state index in [1.165, 1.54) is 5.57 Å². The zero-order valence-electron chi connectivity index (χ0n) is 18.8. The maximum Gasteiger partial charge on any atom is 0.410 e. The second kappa shape index (κ2) is 7.09. The van der Waals surface area contributed by atoms with Crippen molar-refractivity contribution in [2.24, 2.45) is 22.7 Å². The molecule has 5 aliphatic rings. The highest BCUT2D eigenvalue weighted by molar-refractivity contribution is 5.71. The summed E-state index contributed by atoms with van der Waals surface area (Å²) < 4.78 is 11.4. The van der Waals surface area contributed by atoms with Gasteiger partial charge in [-0.3, -0.25) is 0 Å². The Balaban J connectivity index is 1.41. The monoisotopic (exact) mass is 415 g/mol. The smallest absolute Gasteiger partial charge is 0.410 e. The lowest BCUT2D eigenvalue weighted by atomic mass is 9.50. The fourth-order valence-electron chi connectivity index (χ4n) is 7.71. The summed E-state index contributed by atoms with van der Waals surface area (Å²) in [4.78, 5) is 14.6. The summed E-state index contributed by atoms with van der Waals surface area (Å²) in [6.07, 6.45) is 12.4. The van der Waals surface area contributed by atoms with Crippen molar-refractivity contribution in [1.82, 2.24) is 4.90 Å². The first-order chi connectivity index (χ1) is 14.3. The number of nitrogens with zero attached hydrogens (tertiary/aromatic N) is 1. The lowest BCUT2D eigenvalue weighted by molar-refractivity contribution is -0.0627. The van der Waals surface area contributed by atoms with E-state index in [0.29, 0.717) is 25.0 Å². The minimum absolute atomic E-state index is 0.0108. The largest absolute Gasteiger partial charge is 0.440 e. The van der Waals surface area contributed by atoms with Gasteiger partial charge in [-0.1, -0.05) is 37.1 Å². The van der Waals surface area contributed by atoms with E-state index in [-0.39, 0.29) is 28.6 Å². The third-order valence-corrected chi connectivity index (χ3v) is 9.60. The number of amides is 1. The van der Waals surface area contributed by atoms with Crippen molar-refractivity contribution in [2.45, 2.75) is 76.9 Å². The van der Waals surface area contributed by atoms with Crippen LogP contribution >= 0.6 is 0 Å². The van der Waals surface area contributed by atoms with Crippen molar-refractivity contribution in [2.75, 3.05) is 26.8 Å². The quantitative estimate of drug-likeness (QED) is 0.689. The van der Waals surface area contributed by atoms with Gasteiger partial charge in [0, 0.05) is 25.7 Å². The predicted octanol–water partition coefficient (Wildman–Crippen LogP) is 4.46. The first kappa shape index (κ1) is 20.6. The number of hydrogen-bond acceptors (Lipinski definition) is 4. The number of fused-ring (bicyclic) bond motifs is 6. The van der Waals surface area contributed by atoms with Crippen molar-refractivity contribution in [3.8, 4) is 0 Å². The third-order valence-electron chi connectivity index (χ3n) is 9.60. The van der Waals surface area contributed by atoms with Crippen LogP contribution in [-0.4, -0.2) is 54.6 Å². The Morgan fingerprint density at radius 1 is 1.17 bits per heavy atom. The van der Waals surface area contributed by atoms with Crippen molar-refractivity contribution in [3.63, 3.8) is 0 Å². The van der Waals surface area contributed by atoms with Gasteiger partial charge in [-0.2, -0.15) is 0 Å². The van der Waals surface area contributed by atoms with Gasteiger partial charge in [0.15, 0.2) is 0 Å². The Kier molecular flexibility index (Phi) is 4.86. The van der Waals surface area contributed by atoms with Crippen LogP contribution in [0.15, 0.2) is 23.3 Å². The number of rotatable bonds is 4. The van der Waals surface area contributed by atoms with E-state index in [0.717, 1.165) is 57.9 Å². The van der Waals surface area contributed by atoms with Gasteiger partial charge in [-0.15, -0.1) is 0 Å². The van der Waals surface area contributed by atoms with Gasteiger partial charge in [-0.05, 0) is 68.6 Å². The normalized spacial score (nSPS) is 44.9. The summed E-state index contributed by atoms with van der Waals surface area (Å²) >= 11 is 0. The Hall–Kier alpha value is -1.33. The van der Waals surface area contributed by atoms with Crippen molar-refractivity contribution < 1.29 is 19.4 Å². The molecule has 1 amide bonds. The van der Waals surface area contributed by atoms with E-state index in [2.05, 4.69) is 26.0 Å². The predicted molar refractivity (Wildman–Crippen MR) is 115 cm³/mol. The van der Waals surface area contributed by atoms with E-state index in [1.54, 1.807) is 12.7 Å². The van der Waals surface area contributed by atoms with Gasteiger partial charge >= 0.3 is 6.09 Å². The zero-order chi connectivity index (χ0) is 21.1. The van der Waals surface area contributed by atoms with Gasteiger partial charge in [-0.25, -0.2) is 4.79 Å². The molecule has 6 unspecified atom stereocenters. The highest BCUT2D eigenvalue weighted by Gasteiger charge is 2.67. The average molecular weight is 416 g/mol. The van der Waals surface area contributed by atoms with Crippen LogP contribution in [0.3, 0.4) is 0 Å². The summed E-state index contributed by atoms with van der Waals surface area (Å²) in [6, 6.07) is 0. The van der Waals surface area contributed by atoms with E-state index in [4.69, 9.17) is 9.47 Å². The molecule has 1 aliphatic heterocycles. The summed E-state index contributed by atoms with van der Waals surface area (Å²) in [5.41, 5.74) is 2.90. The molecule has 5 heteroatoms. The molecule has 1 heterocycles. The van der Waals surface area contributed by atoms with Gasteiger partial charge in [0.25, 0.3) is 0 Å². The van der Waals surface area contributed by atoms with Crippen LogP contribution < -0.4 is 0 Å². The fraction of sp³-hybridized carbons (Fsp3) is 0.800. The summed E-state index contributed by atoms with van der Waals surface area (Å²) in [6.45, 7) is 6.94. The lowest BCUT2D eigenvalue weighted by Crippen LogP contribution is -2.53. The molecule has 4 fully saturated rings. The number of hydrogen-bond donors (Lipinski definition) is 1. The van der Waals surface area contributed by atoms with E-state index in [9.17, 15) is 9.90 Å². The highest BCUT2D eigenvalue weighted by atomic mass is 16.6. The van der Waals surface area contributed by atoms with Gasteiger partial charge in [0.1, 0.15) is 5.60 Å². The molecule has 1 N–H and O–H groups in total. The average Bonchev–Trinajstić information content (AvgIpc) is 3.19. The van der Waals surface area contributed by atoms with E-state index in [1.807, 2.05) is 4.90 Å². The van der Waals surface area contributed by atoms with Crippen LogP contribution in [0.25, 0.3) is 0 Å². The van der Waals surface area contributed by atoms with Crippen molar-refractivity contribution >= 4 is 6.09 Å². The molecule has 0 bridgehead atoms. The Morgan fingerprint density at radius 2 is 1.97 bits per heavy atom. The van der Waals surface area contributed by atoms with Crippen LogP contribution in [0.1, 0.15) is 65.2 Å². The van der Waals surface area contributed by atoms with Crippen molar-refractivity contribution in [1.29, 1.82) is 0 Å². The molecule has 0 aromatic heterocycles. The van der Waals surface area contributed by atoms with Crippen LogP contribution in [-0.2, 0) is 9.47 Å². The van der Waals surface area contributed by atoms with Crippen LogP contribution in [0.5, 0.6) is 0 Å². The standard InChI is InChI=1S/C25H37NO4/c1-23-10-7-18(27)15-17(23)5-6-19-20(23)8-11-24(2)21(19)9-12-25(24)16-26(22(28)30-25)13-4-14-29-3/h5-6,18,20-21,27H,4,7-16H2,1-3H3. The summed E-state index contributed by atoms with van der Waals surface area (Å²) in [5, 5.41) is 10.2. The molecule has 3 saturated carbocycles. The molecular weight excluding hydrogens is 378 g/mol. The molecule has 1 saturated heterocycles. The zero-order valence-corrected chi connectivity index (χ0v) is 18.8. The molecule has 0 radical (unpaired) electrons. The molecule has 0 aromatic carbocycles. The Labute approximate surface area is 180 Å². The van der Waals surface area contributed by atoms with Crippen LogP contribution in [0.2, 0.25) is 0 Å². The molecule has 5 nitrogen and oxygen atoms in total. The maximum atomic E-state index is 12.7. The van der Waals surface area contributed by atoms with Gasteiger partial charge < -0.3 is 19.5 Å². The molecule has 1 spiro atoms. The third kappa shape index (κ3) is 2.77. The number of allylic oxidation sites excluding steroid dienone is 3. The first-order valence-corrected chi connectivity index (χ1v) is 11.9. The molecule has 30 heavy (non-hydrogen) atoms. The second-order valence-electron chi connectivity index (χ2n) is 10.9. The maximum absolute atomic E-state index is 12.7. The molecule has 5 rings (SSSR count). The molecular formula is C25H37NO4. The minimum Gasteiger partial charge on any atom is -0.440 e. The Morgan fingerprint density at radius 3 is 2.77 bits per heavy atom. The fourth-order valence-corrected chi connectivity index (χ4v) is 7.71. The number of carbonyl (C=O) groups excluding carboxylic acids is 1. The van der Waals surface area contributed by atoms with Gasteiger partial charge in [0.2, 0.25) is 0 Å². The second-order valence-corrected chi connectivity index (χ2v) is 10.9. The molecule has 166 valence electrons. The molecule has 6 atom stereocenters. The van der Waals surface area contributed by atoms with E-state index < -0.39 is 0 Å². The number of aliphatic hydroxyl groups is 1. The highest BCUT2D eigenvalue weighted by Crippen LogP contribution is 2.67. The topological polar surface area (TPSA) is 59.0 Å². The number of carbonyl (C=O) groups is 1. The summed E-state index contributed by atoms with van der Waals surface area (Å²) in [7, 11) is 1.70. The summed E-state index contributed by atoms with van der Waals surface area (Å²) in [5.74, 6) is 1.07. The minimum atomic E-state index is -0.346. The molecule has 0 aromatic rings. The van der Waals surface area contributed by atoms with Crippen LogP contribution in [0, 0.1) is 22.7 Å². The van der Waals surface area contributed by atoms with Gasteiger partial charge in [0.05, 0.1) is 12.6 Å². The molecule has 4 aliphatic carbocycles. The van der Waals surface area contributed by atoms with E-state index >= 15 is 0 Å². The SMILES string of the molecule is COCCCN1CC2(CCC3C4=CC=C5CC(O)CCC5(C)C4CCC32C)OC1=O. The Bertz CT molecular complexity index is 790.